The molecule has 10 nitrogen and oxygen atoms in total. The van der Waals surface area contributed by atoms with Crippen molar-refractivity contribution in [3.63, 3.8) is 0 Å². The second-order valence-electron chi connectivity index (χ2n) is 6.85. The van der Waals surface area contributed by atoms with E-state index in [0.717, 1.165) is 0 Å². The van der Waals surface area contributed by atoms with Crippen LogP contribution in [0, 0.1) is 0 Å². The van der Waals surface area contributed by atoms with Crippen molar-refractivity contribution >= 4 is 17.6 Å². The predicted molar refractivity (Wildman–Crippen MR) is 89.6 cm³/mol. The van der Waals surface area contributed by atoms with E-state index in [0.29, 0.717) is 37.8 Å². The molecule has 2 aromatic heterocycles. The Bertz CT molecular complexity index is 808. The largest absolute Gasteiger partial charge is 0.444 e. The van der Waals surface area contributed by atoms with E-state index in [2.05, 4.69) is 20.6 Å². The first-order chi connectivity index (χ1) is 11.8. The molecule has 0 aromatic carbocycles. The molecule has 2 aromatic rings. The van der Waals surface area contributed by atoms with Gasteiger partial charge in [0.15, 0.2) is 0 Å². The summed E-state index contributed by atoms with van der Waals surface area (Å²) in [4.78, 5) is 25.6. The minimum absolute atomic E-state index is 0.221. The predicted octanol–water partition coefficient (Wildman–Crippen LogP) is 0.465. The van der Waals surface area contributed by atoms with E-state index in [9.17, 15) is 9.59 Å². The lowest BCUT2D eigenvalue weighted by molar-refractivity contribution is 0.0242. The number of amides is 1. The average Bonchev–Trinajstić information content (AvgIpc) is 2.90. The number of anilines is 1. The van der Waals surface area contributed by atoms with Gasteiger partial charge in [0, 0.05) is 13.1 Å². The number of rotatable bonds is 2. The first-order valence-corrected chi connectivity index (χ1v) is 8.08. The van der Waals surface area contributed by atoms with E-state index in [1.54, 1.807) is 11.0 Å². The zero-order valence-corrected chi connectivity index (χ0v) is 14.5. The summed E-state index contributed by atoms with van der Waals surface area (Å²) in [6.45, 7) is 7.13. The van der Waals surface area contributed by atoms with Crippen LogP contribution in [-0.4, -0.2) is 68.8 Å². The smallest absolute Gasteiger partial charge is 0.410 e. The average molecular weight is 350 g/mol. The number of hydrogen-bond acceptors (Lipinski definition) is 7. The third-order valence-electron chi connectivity index (χ3n) is 3.59. The molecule has 1 fully saturated rings. The Morgan fingerprint density at radius 1 is 1.48 bits per heavy atom. The number of fused-ring (bicyclic) bond motifs is 1. The summed E-state index contributed by atoms with van der Waals surface area (Å²) in [5, 5.41) is 13.7. The second kappa shape index (κ2) is 6.71. The number of hydrogen-bond donors (Lipinski definition) is 2. The number of carbonyl (C=O) groups excluding carboxylic acids is 1. The van der Waals surface area contributed by atoms with Crippen molar-refractivity contribution in [3.8, 4) is 0 Å². The fourth-order valence-electron chi connectivity index (χ4n) is 2.52. The molecule has 1 amide bonds. The summed E-state index contributed by atoms with van der Waals surface area (Å²) in [5.74, 6) is 0.374. The van der Waals surface area contributed by atoms with Gasteiger partial charge in [-0.2, -0.15) is 9.61 Å². The number of nitrogens with zero attached hydrogens (tertiary/aromatic N) is 4. The summed E-state index contributed by atoms with van der Waals surface area (Å²) < 4.78 is 12.4. The highest BCUT2D eigenvalue weighted by Gasteiger charge is 2.27. The normalized spacial score (nSPS) is 18.8. The second-order valence-corrected chi connectivity index (χ2v) is 6.85. The van der Waals surface area contributed by atoms with Gasteiger partial charge in [-0.05, 0) is 26.8 Å². The van der Waals surface area contributed by atoms with Crippen molar-refractivity contribution in [2.45, 2.75) is 32.4 Å². The standard InChI is InChI=1S/C15H22N6O4/c1-15(2,3)25-14(23)20-6-7-24-9-10(8-20)17-13-19-18-12(22)11-4-5-16-21(11)13/h4-5,10H,6-9H2,1-3H3,(H,17,19)(H,18,22). The molecule has 3 heterocycles. The number of H-pyrrole nitrogens is 1. The summed E-state index contributed by atoms with van der Waals surface area (Å²) in [6, 6.07) is 1.38. The lowest BCUT2D eigenvalue weighted by Gasteiger charge is -2.28. The SMILES string of the molecule is CC(C)(C)OC(=O)N1CCOCC(Nc2n[nH]c(=O)c3ccnn23)C1. The van der Waals surface area contributed by atoms with Crippen molar-refractivity contribution in [2.75, 3.05) is 31.6 Å². The monoisotopic (exact) mass is 350 g/mol. The molecule has 3 rings (SSSR count). The molecular weight excluding hydrogens is 328 g/mol. The first-order valence-electron chi connectivity index (χ1n) is 8.08. The van der Waals surface area contributed by atoms with E-state index >= 15 is 0 Å². The molecule has 136 valence electrons. The van der Waals surface area contributed by atoms with Gasteiger partial charge < -0.3 is 19.7 Å². The van der Waals surface area contributed by atoms with Crippen molar-refractivity contribution in [3.05, 3.63) is 22.6 Å². The van der Waals surface area contributed by atoms with Gasteiger partial charge in [-0.15, -0.1) is 5.10 Å². The molecule has 0 radical (unpaired) electrons. The maximum atomic E-state index is 12.3. The molecule has 1 atom stereocenters. The minimum Gasteiger partial charge on any atom is -0.444 e. The van der Waals surface area contributed by atoms with Crippen molar-refractivity contribution in [2.24, 2.45) is 0 Å². The molecule has 0 spiro atoms. The van der Waals surface area contributed by atoms with E-state index in [1.807, 2.05) is 20.8 Å². The number of aromatic amines is 1. The number of ether oxygens (including phenoxy) is 2. The molecular formula is C15H22N6O4. The van der Waals surface area contributed by atoms with Crippen LogP contribution in [0.25, 0.3) is 5.52 Å². The molecule has 1 aliphatic heterocycles. The van der Waals surface area contributed by atoms with Crippen molar-refractivity contribution in [1.29, 1.82) is 0 Å². The Labute approximate surface area is 144 Å². The maximum absolute atomic E-state index is 12.3. The Kier molecular flexibility index (Phi) is 4.62. The fourth-order valence-corrected chi connectivity index (χ4v) is 2.52. The summed E-state index contributed by atoms with van der Waals surface area (Å²) >= 11 is 0. The van der Waals surface area contributed by atoms with Gasteiger partial charge in [-0.25, -0.2) is 9.89 Å². The Morgan fingerprint density at radius 2 is 2.28 bits per heavy atom. The van der Waals surface area contributed by atoms with Crippen molar-refractivity contribution in [1.82, 2.24) is 24.7 Å². The molecule has 25 heavy (non-hydrogen) atoms. The van der Waals surface area contributed by atoms with E-state index in [1.165, 1.54) is 10.7 Å². The minimum atomic E-state index is -0.561. The number of aromatic nitrogens is 4. The molecule has 1 unspecified atom stereocenters. The third kappa shape index (κ3) is 4.08. The number of nitrogens with one attached hydrogen (secondary N) is 2. The van der Waals surface area contributed by atoms with Gasteiger partial charge >= 0.3 is 6.09 Å². The zero-order chi connectivity index (χ0) is 18.0. The van der Waals surface area contributed by atoms with Crippen molar-refractivity contribution < 1.29 is 14.3 Å². The van der Waals surface area contributed by atoms with Gasteiger partial charge in [0.25, 0.3) is 5.56 Å². The maximum Gasteiger partial charge on any atom is 0.410 e. The van der Waals surface area contributed by atoms with E-state index in [4.69, 9.17) is 9.47 Å². The van der Waals surface area contributed by atoms with Crippen LogP contribution in [0.5, 0.6) is 0 Å². The quantitative estimate of drug-likeness (QED) is 0.809. The summed E-state index contributed by atoms with van der Waals surface area (Å²) in [6.07, 6.45) is 1.14. The van der Waals surface area contributed by atoms with Gasteiger partial charge in [-0.1, -0.05) is 0 Å². The van der Waals surface area contributed by atoms with Crippen LogP contribution >= 0.6 is 0 Å². The first kappa shape index (κ1) is 17.2. The van der Waals surface area contributed by atoms with Crippen LogP contribution < -0.4 is 10.9 Å². The lowest BCUT2D eigenvalue weighted by atomic mass is 10.2. The van der Waals surface area contributed by atoms with Gasteiger partial charge in [0.05, 0.1) is 25.5 Å². The Hall–Kier alpha value is -2.62. The number of carbonyl (C=O) groups is 1. The lowest BCUT2D eigenvalue weighted by Crippen LogP contribution is -2.43. The fraction of sp³-hybridized carbons (Fsp3) is 0.600. The zero-order valence-electron chi connectivity index (χ0n) is 14.5. The Morgan fingerprint density at radius 3 is 3.04 bits per heavy atom. The third-order valence-corrected chi connectivity index (χ3v) is 3.59. The molecule has 0 bridgehead atoms. The van der Waals surface area contributed by atoms with Gasteiger partial charge in [0.1, 0.15) is 11.1 Å². The molecule has 1 aliphatic rings. The Balaban J connectivity index is 1.75. The molecule has 1 saturated heterocycles. The summed E-state index contributed by atoms with van der Waals surface area (Å²) in [5.41, 5.74) is -0.499. The molecule has 0 aliphatic carbocycles. The van der Waals surface area contributed by atoms with Gasteiger partial charge in [-0.3, -0.25) is 4.79 Å². The van der Waals surface area contributed by atoms with Gasteiger partial charge in [0.2, 0.25) is 5.95 Å². The van der Waals surface area contributed by atoms with Crippen LogP contribution in [0.2, 0.25) is 0 Å². The topological polar surface area (TPSA) is 114 Å². The van der Waals surface area contributed by atoms with Crippen LogP contribution in [0.15, 0.2) is 17.1 Å². The highest BCUT2D eigenvalue weighted by Crippen LogP contribution is 2.13. The van der Waals surface area contributed by atoms with Crippen LogP contribution in [0.1, 0.15) is 20.8 Å². The molecule has 0 saturated carbocycles. The summed E-state index contributed by atoms with van der Waals surface area (Å²) in [7, 11) is 0. The van der Waals surface area contributed by atoms with E-state index in [-0.39, 0.29) is 17.7 Å². The van der Waals surface area contributed by atoms with E-state index < -0.39 is 5.60 Å². The highest BCUT2D eigenvalue weighted by molar-refractivity contribution is 5.68. The molecule has 10 heteroatoms. The molecule has 2 N–H and O–H groups in total. The van der Waals surface area contributed by atoms with Crippen LogP contribution in [0.4, 0.5) is 10.7 Å². The van der Waals surface area contributed by atoms with Crippen LogP contribution in [0.3, 0.4) is 0 Å². The highest BCUT2D eigenvalue weighted by atomic mass is 16.6. The van der Waals surface area contributed by atoms with Crippen LogP contribution in [-0.2, 0) is 9.47 Å².